The first-order valence-corrected chi connectivity index (χ1v) is 9.29. The van der Waals surface area contributed by atoms with Crippen molar-refractivity contribution in [1.29, 1.82) is 0 Å². The number of halogens is 1. The van der Waals surface area contributed by atoms with Crippen LogP contribution in [0.3, 0.4) is 0 Å². The van der Waals surface area contributed by atoms with Crippen molar-refractivity contribution in [2.24, 2.45) is 0 Å². The average molecular weight is 363 g/mol. The molecule has 0 atom stereocenters. The topological polar surface area (TPSA) is 58.2 Å². The normalized spacial score (nSPS) is 15.9. The van der Waals surface area contributed by atoms with Crippen molar-refractivity contribution in [2.75, 3.05) is 11.9 Å². The Morgan fingerprint density at radius 2 is 1.88 bits per heavy atom. The van der Waals surface area contributed by atoms with Crippen LogP contribution in [0.5, 0.6) is 0 Å². The summed E-state index contributed by atoms with van der Waals surface area (Å²) in [5.74, 6) is -1.32. The molecule has 1 saturated carbocycles. The third-order valence-electron chi connectivity index (χ3n) is 4.61. The fourth-order valence-electron chi connectivity index (χ4n) is 3.26. The van der Waals surface area contributed by atoms with Crippen LogP contribution in [0.4, 0.5) is 5.69 Å². The number of hydrogen-bond acceptors (Lipinski definition) is 3. The van der Waals surface area contributed by atoms with Gasteiger partial charge in [0.25, 0.3) is 0 Å². The van der Waals surface area contributed by atoms with Gasteiger partial charge in [0.2, 0.25) is 0 Å². The second-order valence-corrected chi connectivity index (χ2v) is 7.30. The zero-order chi connectivity index (χ0) is 17.0. The van der Waals surface area contributed by atoms with Gasteiger partial charge in [0, 0.05) is 12.0 Å². The van der Waals surface area contributed by atoms with E-state index >= 15 is 0 Å². The molecule has 1 fully saturated rings. The molecule has 3 rings (SSSR count). The summed E-state index contributed by atoms with van der Waals surface area (Å²) >= 11 is 7.66. The van der Waals surface area contributed by atoms with E-state index in [-0.39, 0.29) is 5.41 Å². The van der Waals surface area contributed by atoms with Crippen LogP contribution in [0.1, 0.15) is 31.2 Å². The molecular formula is C18H19ClN2O2S. The number of para-hydroxylation sites is 1. The van der Waals surface area contributed by atoms with Crippen LogP contribution in [0.2, 0.25) is 5.02 Å². The van der Waals surface area contributed by atoms with Crippen molar-refractivity contribution in [3.63, 3.8) is 0 Å². The second-order valence-electron chi connectivity index (χ2n) is 6.12. The Hall–Kier alpha value is -1.85. The second kappa shape index (κ2) is 7.36. The Morgan fingerprint density at radius 3 is 2.54 bits per heavy atom. The van der Waals surface area contributed by atoms with Crippen molar-refractivity contribution in [3.8, 4) is 0 Å². The smallest absolute Gasteiger partial charge is 0.313 e. The van der Waals surface area contributed by atoms with E-state index in [1.807, 2.05) is 0 Å². The molecule has 6 heteroatoms. The van der Waals surface area contributed by atoms with Crippen molar-refractivity contribution in [2.45, 2.75) is 31.1 Å². The average Bonchev–Trinajstić information content (AvgIpc) is 3.26. The molecule has 1 aliphatic carbocycles. The maximum atomic E-state index is 12.2. The van der Waals surface area contributed by atoms with E-state index in [1.165, 1.54) is 5.56 Å². The van der Waals surface area contributed by atoms with E-state index in [2.05, 4.69) is 27.5 Å². The van der Waals surface area contributed by atoms with Gasteiger partial charge in [-0.1, -0.05) is 36.6 Å². The number of hydrogen-bond donors (Lipinski definition) is 2. The number of carbonyl (C=O) groups excluding carboxylic acids is 2. The van der Waals surface area contributed by atoms with Crippen LogP contribution in [-0.2, 0) is 15.0 Å². The van der Waals surface area contributed by atoms with Crippen LogP contribution in [0, 0.1) is 0 Å². The highest BCUT2D eigenvalue weighted by Crippen LogP contribution is 2.41. The largest absolute Gasteiger partial charge is 0.347 e. The molecule has 1 aliphatic rings. The first kappa shape index (κ1) is 17.0. The number of rotatable bonds is 4. The molecule has 1 heterocycles. The molecule has 0 bridgehead atoms. The summed E-state index contributed by atoms with van der Waals surface area (Å²) in [7, 11) is 0. The molecule has 1 aromatic carbocycles. The molecule has 2 aromatic rings. The van der Waals surface area contributed by atoms with Gasteiger partial charge in [-0.05, 0) is 47.4 Å². The minimum absolute atomic E-state index is 0.0413. The number of benzene rings is 1. The highest BCUT2D eigenvalue weighted by Gasteiger charge is 2.36. The quantitative estimate of drug-likeness (QED) is 0.808. The fourth-order valence-corrected chi connectivity index (χ4v) is 4.22. The molecule has 126 valence electrons. The lowest BCUT2D eigenvalue weighted by Gasteiger charge is -2.28. The van der Waals surface area contributed by atoms with Crippen LogP contribution < -0.4 is 10.6 Å². The van der Waals surface area contributed by atoms with E-state index in [1.54, 1.807) is 35.6 Å². The number of thiophene rings is 1. The minimum atomic E-state index is -0.693. The molecule has 0 radical (unpaired) electrons. The maximum absolute atomic E-state index is 12.2. The monoisotopic (exact) mass is 362 g/mol. The van der Waals surface area contributed by atoms with Crippen molar-refractivity contribution >= 4 is 40.4 Å². The molecule has 0 spiro atoms. The number of amides is 2. The van der Waals surface area contributed by atoms with E-state index < -0.39 is 11.8 Å². The lowest BCUT2D eigenvalue weighted by Crippen LogP contribution is -2.43. The summed E-state index contributed by atoms with van der Waals surface area (Å²) in [6.07, 6.45) is 4.38. The van der Waals surface area contributed by atoms with Gasteiger partial charge < -0.3 is 10.6 Å². The Bertz CT molecular complexity index is 724. The zero-order valence-corrected chi connectivity index (χ0v) is 14.8. The molecule has 4 nitrogen and oxygen atoms in total. The summed E-state index contributed by atoms with van der Waals surface area (Å²) in [5, 5.41) is 9.96. The summed E-state index contributed by atoms with van der Waals surface area (Å²) in [5.41, 5.74) is 1.66. The molecular weight excluding hydrogens is 344 g/mol. The Balaban J connectivity index is 1.62. The molecule has 0 aliphatic heterocycles. The SMILES string of the molecule is O=C(NCC1(c2ccsc2)CCCC1)C(=O)Nc1ccccc1Cl. The van der Waals surface area contributed by atoms with E-state index in [0.29, 0.717) is 17.3 Å². The first-order chi connectivity index (χ1) is 11.6. The number of carbonyl (C=O) groups is 2. The van der Waals surface area contributed by atoms with Gasteiger partial charge in [0.15, 0.2) is 0 Å². The lowest BCUT2D eigenvalue weighted by molar-refractivity contribution is -0.136. The van der Waals surface area contributed by atoms with E-state index in [0.717, 1.165) is 25.7 Å². The van der Waals surface area contributed by atoms with Gasteiger partial charge in [-0.3, -0.25) is 9.59 Å². The van der Waals surface area contributed by atoms with Crippen LogP contribution in [0.15, 0.2) is 41.1 Å². The van der Waals surface area contributed by atoms with Crippen molar-refractivity contribution < 1.29 is 9.59 Å². The predicted octanol–water partition coefficient (Wildman–Crippen LogP) is 3.97. The predicted molar refractivity (Wildman–Crippen MR) is 97.6 cm³/mol. The van der Waals surface area contributed by atoms with Gasteiger partial charge in [-0.15, -0.1) is 0 Å². The summed E-state index contributed by atoms with van der Waals surface area (Å²) < 4.78 is 0. The zero-order valence-electron chi connectivity index (χ0n) is 13.2. The molecule has 2 amide bonds. The third kappa shape index (κ3) is 3.62. The van der Waals surface area contributed by atoms with Crippen LogP contribution in [0.25, 0.3) is 0 Å². The third-order valence-corrected chi connectivity index (χ3v) is 5.62. The Kier molecular flexibility index (Phi) is 5.21. The van der Waals surface area contributed by atoms with E-state index in [9.17, 15) is 9.59 Å². The van der Waals surface area contributed by atoms with Gasteiger partial charge in [0.05, 0.1) is 10.7 Å². The van der Waals surface area contributed by atoms with Crippen molar-refractivity contribution in [1.82, 2.24) is 5.32 Å². The highest BCUT2D eigenvalue weighted by atomic mass is 35.5. The van der Waals surface area contributed by atoms with Gasteiger partial charge in [-0.25, -0.2) is 0 Å². The molecule has 1 aromatic heterocycles. The summed E-state index contributed by atoms with van der Waals surface area (Å²) in [6, 6.07) is 8.97. The van der Waals surface area contributed by atoms with Crippen LogP contribution in [-0.4, -0.2) is 18.4 Å². The molecule has 0 unspecified atom stereocenters. The minimum Gasteiger partial charge on any atom is -0.347 e. The molecule has 0 saturated heterocycles. The van der Waals surface area contributed by atoms with Gasteiger partial charge in [0.1, 0.15) is 0 Å². The number of nitrogens with one attached hydrogen (secondary N) is 2. The number of anilines is 1. The fraction of sp³-hybridized carbons (Fsp3) is 0.333. The Labute approximate surface area is 150 Å². The first-order valence-electron chi connectivity index (χ1n) is 7.97. The summed E-state index contributed by atoms with van der Waals surface area (Å²) in [4.78, 5) is 24.2. The van der Waals surface area contributed by atoms with E-state index in [4.69, 9.17) is 11.6 Å². The standard InChI is InChI=1S/C18H19ClN2O2S/c19-14-5-1-2-6-15(14)21-17(23)16(22)20-12-18(8-3-4-9-18)13-7-10-24-11-13/h1-2,5-7,10-11H,3-4,8-9,12H2,(H,20,22)(H,21,23). The highest BCUT2D eigenvalue weighted by molar-refractivity contribution is 7.08. The lowest BCUT2D eigenvalue weighted by atomic mass is 9.80. The Morgan fingerprint density at radius 1 is 1.12 bits per heavy atom. The maximum Gasteiger partial charge on any atom is 0.313 e. The van der Waals surface area contributed by atoms with Gasteiger partial charge in [-0.2, -0.15) is 11.3 Å². The molecule has 2 N–H and O–H groups in total. The summed E-state index contributed by atoms with van der Waals surface area (Å²) in [6.45, 7) is 0.485. The van der Waals surface area contributed by atoms with Crippen molar-refractivity contribution in [3.05, 3.63) is 51.7 Å². The van der Waals surface area contributed by atoms with Crippen LogP contribution >= 0.6 is 22.9 Å². The molecule has 24 heavy (non-hydrogen) atoms. The van der Waals surface area contributed by atoms with Gasteiger partial charge >= 0.3 is 11.8 Å².